The van der Waals surface area contributed by atoms with Gasteiger partial charge < -0.3 is 15.6 Å². The maximum absolute atomic E-state index is 13.3. The van der Waals surface area contributed by atoms with Crippen molar-refractivity contribution in [2.75, 3.05) is 13.6 Å². The lowest BCUT2D eigenvalue weighted by Gasteiger charge is -2.24. The summed E-state index contributed by atoms with van der Waals surface area (Å²) in [4.78, 5) is 24.4. The molecule has 7 nitrogen and oxygen atoms in total. The van der Waals surface area contributed by atoms with Crippen molar-refractivity contribution in [2.24, 2.45) is 4.99 Å². The molecule has 8 heteroatoms. The van der Waals surface area contributed by atoms with Gasteiger partial charge in [0.15, 0.2) is 0 Å². The predicted molar refractivity (Wildman–Crippen MR) is 137 cm³/mol. The minimum absolute atomic E-state index is 0.0749. The van der Waals surface area contributed by atoms with Gasteiger partial charge in [0.1, 0.15) is 5.82 Å². The van der Waals surface area contributed by atoms with Gasteiger partial charge in [-0.25, -0.2) is 4.98 Å². The van der Waals surface area contributed by atoms with Crippen LogP contribution < -0.4 is 5.32 Å². The number of hydrogen-bond donors (Lipinski definition) is 2. The first-order chi connectivity index (χ1) is 16.5. The van der Waals surface area contributed by atoms with Crippen molar-refractivity contribution in [1.82, 2.24) is 19.8 Å². The molecule has 0 aliphatic carbocycles. The number of rotatable bonds is 5. The van der Waals surface area contributed by atoms with Gasteiger partial charge in [0, 0.05) is 37.3 Å². The largest absolute Gasteiger partial charge is 0.331 e. The van der Waals surface area contributed by atoms with Crippen molar-refractivity contribution < 1.29 is 4.79 Å². The smallest absolute Gasteiger partial charge is 0.256 e. The molecule has 3 heterocycles. The zero-order valence-electron chi connectivity index (χ0n) is 19.3. The number of aromatic nitrogens is 2. The highest BCUT2D eigenvalue weighted by atomic mass is 35.5. The summed E-state index contributed by atoms with van der Waals surface area (Å²) >= 11 is 6.67. The summed E-state index contributed by atoms with van der Waals surface area (Å²) in [7, 11) is 1.81. The highest BCUT2D eigenvalue weighted by molar-refractivity contribution is 6.33. The van der Waals surface area contributed by atoms with E-state index in [0.717, 1.165) is 48.2 Å². The Bertz CT molecular complexity index is 1330. The summed E-state index contributed by atoms with van der Waals surface area (Å²) in [5.74, 6) is 0.706. The number of halogens is 1. The average Bonchev–Trinajstić information content (AvgIpc) is 3.47. The molecule has 0 bridgehead atoms. The molecule has 2 N–H and O–H groups in total. The molecule has 2 aromatic carbocycles. The Labute approximate surface area is 203 Å². The van der Waals surface area contributed by atoms with Crippen LogP contribution in [0.2, 0.25) is 5.02 Å². The third-order valence-corrected chi connectivity index (χ3v) is 6.97. The van der Waals surface area contributed by atoms with Gasteiger partial charge in [-0.05, 0) is 55.6 Å². The van der Waals surface area contributed by atoms with E-state index in [-0.39, 0.29) is 18.0 Å². The summed E-state index contributed by atoms with van der Waals surface area (Å²) in [5, 5.41) is 11.9. The van der Waals surface area contributed by atoms with Gasteiger partial charge in [-0.2, -0.15) is 0 Å². The van der Waals surface area contributed by atoms with E-state index in [9.17, 15) is 4.79 Å². The van der Waals surface area contributed by atoms with Gasteiger partial charge in [-0.3, -0.25) is 14.4 Å². The van der Waals surface area contributed by atoms with Gasteiger partial charge in [0.05, 0.1) is 33.3 Å². The van der Waals surface area contributed by atoms with Crippen molar-refractivity contribution in [1.29, 1.82) is 5.41 Å². The summed E-state index contributed by atoms with van der Waals surface area (Å²) in [6.45, 7) is 3.07. The molecule has 0 radical (unpaired) electrons. The van der Waals surface area contributed by atoms with Crippen molar-refractivity contribution in [3.8, 4) is 5.69 Å². The molecule has 2 aliphatic heterocycles. The van der Waals surface area contributed by atoms with Gasteiger partial charge in [-0.1, -0.05) is 30.7 Å². The Balaban J connectivity index is 1.68. The second-order valence-electron chi connectivity index (χ2n) is 8.71. The first-order valence-corrected chi connectivity index (χ1v) is 12.0. The van der Waals surface area contributed by atoms with Gasteiger partial charge >= 0.3 is 0 Å². The monoisotopic (exact) mass is 474 g/mol. The summed E-state index contributed by atoms with van der Waals surface area (Å²) in [6, 6.07) is 11.4. The normalized spacial score (nSPS) is 20.6. The predicted octanol–water partition coefficient (Wildman–Crippen LogP) is 5.03. The number of carbonyl (C=O) groups excluding carboxylic acids is 1. The number of nitrogens with zero attached hydrogens (tertiary/aromatic N) is 4. The number of aliphatic imine (C=N–C) groups is 1. The molecule has 2 unspecified atom stereocenters. The molecule has 0 spiro atoms. The highest BCUT2D eigenvalue weighted by Gasteiger charge is 2.34. The number of imidazole rings is 1. The topological polar surface area (TPSA) is 86.4 Å². The van der Waals surface area contributed by atoms with Crippen LogP contribution in [-0.4, -0.2) is 52.4 Å². The van der Waals surface area contributed by atoms with Gasteiger partial charge in [-0.15, -0.1) is 0 Å². The van der Waals surface area contributed by atoms with Crippen LogP contribution in [0, 0.1) is 5.41 Å². The number of benzene rings is 2. The Morgan fingerprint density at radius 1 is 1.35 bits per heavy atom. The zero-order chi connectivity index (χ0) is 23.8. The minimum Gasteiger partial charge on any atom is -0.331 e. The Kier molecular flexibility index (Phi) is 6.06. The van der Waals surface area contributed by atoms with Crippen molar-refractivity contribution >= 4 is 46.5 Å². The van der Waals surface area contributed by atoms with E-state index in [0.29, 0.717) is 21.8 Å². The number of nitrogens with one attached hydrogen (secondary N) is 2. The number of fused-ring (bicyclic) bond motifs is 5. The van der Waals surface area contributed by atoms with Crippen LogP contribution >= 0.6 is 11.6 Å². The zero-order valence-corrected chi connectivity index (χ0v) is 20.0. The van der Waals surface area contributed by atoms with Crippen molar-refractivity contribution in [2.45, 2.75) is 38.3 Å². The maximum Gasteiger partial charge on any atom is 0.256 e. The number of allylic oxidation sites excluding steroid dienone is 1. The lowest BCUT2D eigenvalue weighted by atomic mass is 10.1. The number of para-hydroxylation sites is 1. The molecule has 2 aliphatic rings. The Morgan fingerprint density at radius 2 is 2.21 bits per heavy atom. The fraction of sp³-hybridized carbons (Fsp3) is 0.308. The molecule has 174 valence electrons. The SMILES string of the molecule is CCC1c2nc3ccc(/C(C=N)=C/N=CC4CCCN4)cc3n2-c2c(Cl)cccc2C(=O)N1C. The highest BCUT2D eigenvalue weighted by Crippen LogP contribution is 2.38. The lowest BCUT2D eigenvalue weighted by molar-refractivity contribution is 0.0726. The summed E-state index contributed by atoms with van der Waals surface area (Å²) in [5.41, 5.74) is 4.41. The first kappa shape index (κ1) is 22.5. The van der Waals surface area contributed by atoms with Crippen LogP contribution in [0.5, 0.6) is 0 Å². The van der Waals surface area contributed by atoms with E-state index in [2.05, 4.69) is 10.3 Å². The molecular weight excluding hydrogens is 448 g/mol. The van der Waals surface area contributed by atoms with Crippen LogP contribution in [0.25, 0.3) is 22.3 Å². The van der Waals surface area contributed by atoms with Gasteiger partial charge in [0.25, 0.3) is 5.91 Å². The second-order valence-corrected chi connectivity index (χ2v) is 9.12. The molecule has 2 atom stereocenters. The molecule has 1 aromatic heterocycles. The fourth-order valence-electron chi connectivity index (χ4n) is 4.87. The van der Waals surface area contributed by atoms with E-state index < -0.39 is 0 Å². The van der Waals surface area contributed by atoms with E-state index in [1.54, 1.807) is 23.2 Å². The quantitative estimate of drug-likeness (QED) is 0.508. The Hall–Kier alpha value is -3.29. The first-order valence-electron chi connectivity index (χ1n) is 11.6. The fourth-order valence-corrected chi connectivity index (χ4v) is 5.13. The number of hydrogen-bond acceptors (Lipinski definition) is 5. The van der Waals surface area contributed by atoms with E-state index in [4.69, 9.17) is 22.0 Å². The van der Waals surface area contributed by atoms with Crippen LogP contribution in [0.4, 0.5) is 0 Å². The maximum atomic E-state index is 13.3. The van der Waals surface area contributed by atoms with Gasteiger partial charge in [0.2, 0.25) is 0 Å². The minimum atomic E-state index is -0.187. The van der Waals surface area contributed by atoms with Crippen molar-refractivity contribution in [3.05, 3.63) is 64.6 Å². The van der Waals surface area contributed by atoms with Crippen LogP contribution in [0.15, 0.2) is 47.6 Å². The van der Waals surface area contributed by atoms with Crippen LogP contribution in [0.3, 0.4) is 0 Å². The van der Waals surface area contributed by atoms with Crippen LogP contribution in [-0.2, 0) is 0 Å². The molecule has 1 fully saturated rings. The summed E-state index contributed by atoms with van der Waals surface area (Å²) in [6.07, 6.45) is 7.90. The molecule has 5 rings (SSSR count). The molecule has 0 saturated carbocycles. The molecule has 34 heavy (non-hydrogen) atoms. The lowest BCUT2D eigenvalue weighted by Crippen LogP contribution is -2.30. The van der Waals surface area contributed by atoms with Crippen molar-refractivity contribution in [3.63, 3.8) is 0 Å². The molecular formula is C26H27ClN6O. The molecule has 1 saturated heterocycles. The Morgan fingerprint density at radius 3 is 2.94 bits per heavy atom. The second kappa shape index (κ2) is 9.16. The third kappa shape index (κ3) is 3.75. The van der Waals surface area contributed by atoms with E-state index in [1.165, 1.54) is 6.21 Å². The average molecular weight is 475 g/mol. The van der Waals surface area contributed by atoms with Crippen LogP contribution in [0.1, 0.15) is 54.0 Å². The molecule has 3 aromatic rings. The standard InChI is InChI=1S/C26H27ClN6O/c1-3-22-25-31-21-10-9-16(17(13-28)14-29-15-18-6-5-11-30-18)12-23(21)33(25)24-19(26(34)32(22)2)7-4-8-20(24)27/h4,7-10,12-15,18,22,28,30H,3,5-6,11H2,1-2H3/b17-14+,28-13?,29-15?. The number of carbonyl (C=O) groups is 1. The molecule has 1 amide bonds. The van der Waals surface area contributed by atoms with E-state index in [1.807, 2.05) is 49.0 Å². The third-order valence-electron chi connectivity index (χ3n) is 6.66. The number of amides is 1. The van der Waals surface area contributed by atoms with E-state index >= 15 is 0 Å². The summed E-state index contributed by atoms with van der Waals surface area (Å²) < 4.78 is 2.01.